The number of amides is 2. The van der Waals surface area contributed by atoms with Gasteiger partial charge in [0.2, 0.25) is 5.78 Å². The van der Waals surface area contributed by atoms with Gasteiger partial charge in [-0.2, -0.15) is 13.2 Å². The second-order valence-corrected chi connectivity index (χ2v) is 8.53. The van der Waals surface area contributed by atoms with Crippen molar-refractivity contribution >= 4 is 29.4 Å². The molecule has 0 aliphatic heterocycles. The maximum atomic E-state index is 13.4. The number of pyridine rings is 1. The lowest BCUT2D eigenvalue weighted by Crippen LogP contribution is -2.46. The van der Waals surface area contributed by atoms with Crippen molar-refractivity contribution in [2.75, 3.05) is 0 Å². The van der Waals surface area contributed by atoms with Crippen LogP contribution in [0.2, 0.25) is 0 Å². The van der Waals surface area contributed by atoms with Gasteiger partial charge in [0.25, 0.3) is 11.8 Å². The number of nitrogens with two attached hydrogens (primary N) is 1. The second-order valence-electron chi connectivity index (χ2n) is 8.17. The van der Waals surface area contributed by atoms with Crippen LogP contribution in [-0.2, 0) is 22.2 Å². The van der Waals surface area contributed by atoms with Crippen LogP contribution in [0.1, 0.15) is 21.5 Å². The van der Waals surface area contributed by atoms with Gasteiger partial charge in [-0.1, -0.05) is 42.5 Å². The molecule has 0 saturated heterocycles. The minimum Gasteiger partial charge on any atom is -0.363 e. The lowest BCUT2D eigenvalue weighted by Gasteiger charge is -2.24. The number of halogens is 4. The predicted octanol–water partition coefficient (Wildman–Crippen LogP) is 4.21. The van der Waals surface area contributed by atoms with Crippen LogP contribution >= 0.6 is 11.8 Å². The minimum atomic E-state index is -4.47. The molecule has 4 rings (SSSR count). The summed E-state index contributed by atoms with van der Waals surface area (Å²) in [6.45, 7) is 0. The molecule has 2 aromatic heterocycles. The number of imidazole rings is 1. The number of hydrogen-bond donors (Lipinski definition) is 1. The molecule has 0 radical (unpaired) electrons. The van der Waals surface area contributed by atoms with Crippen LogP contribution < -0.4 is 5.73 Å². The summed E-state index contributed by atoms with van der Waals surface area (Å²) in [4.78, 5) is 46.1. The van der Waals surface area contributed by atoms with E-state index in [1.165, 1.54) is 47.6 Å². The van der Waals surface area contributed by atoms with E-state index < -0.39 is 35.4 Å². The van der Waals surface area contributed by atoms with Gasteiger partial charge in [0.05, 0.1) is 16.8 Å². The molecule has 0 spiro atoms. The van der Waals surface area contributed by atoms with Crippen molar-refractivity contribution in [2.45, 2.75) is 18.6 Å². The van der Waals surface area contributed by atoms with E-state index in [0.29, 0.717) is 21.2 Å². The molecule has 38 heavy (non-hydrogen) atoms. The van der Waals surface area contributed by atoms with E-state index in [0.717, 1.165) is 12.1 Å². The van der Waals surface area contributed by atoms with E-state index in [-0.39, 0.29) is 17.8 Å². The van der Waals surface area contributed by atoms with Gasteiger partial charge in [-0.05, 0) is 29.8 Å². The molecule has 0 aliphatic carbocycles. The molecular formula is C26H19ClF3N5O3. The molecule has 4 aromatic rings. The Morgan fingerprint density at radius 3 is 2.29 bits per heavy atom. The SMILES string of the molecule is NC(=O)C(=O)C(Cc1ccccc1)N(Cl)C(=O)c1cccnc1-n1cnc(-c2ccc(C(F)(F)F)cc2)c1. The zero-order valence-electron chi connectivity index (χ0n) is 19.5. The van der Waals surface area contributed by atoms with Gasteiger partial charge < -0.3 is 5.73 Å². The van der Waals surface area contributed by atoms with Crippen LogP contribution in [0, 0.1) is 0 Å². The minimum absolute atomic E-state index is 0.0193. The van der Waals surface area contributed by atoms with Crippen molar-refractivity contribution in [1.82, 2.24) is 19.0 Å². The second kappa shape index (κ2) is 10.9. The average molecular weight is 542 g/mol. The van der Waals surface area contributed by atoms with Crippen LogP contribution in [0.15, 0.2) is 85.5 Å². The summed E-state index contributed by atoms with van der Waals surface area (Å²) in [7, 11) is 0. The number of hydrogen-bond acceptors (Lipinski definition) is 5. The van der Waals surface area contributed by atoms with Crippen LogP contribution in [-0.4, -0.2) is 42.6 Å². The van der Waals surface area contributed by atoms with Gasteiger partial charge >= 0.3 is 6.18 Å². The molecule has 2 heterocycles. The molecule has 0 fully saturated rings. The third-order valence-corrected chi connectivity index (χ3v) is 6.03. The normalized spacial score (nSPS) is 12.1. The van der Waals surface area contributed by atoms with Crippen molar-refractivity contribution < 1.29 is 27.6 Å². The molecule has 12 heteroatoms. The number of alkyl halides is 3. The topological polar surface area (TPSA) is 111 Å². The Balaban J connectivity index is 1.64. The van der Waals surface area contributed by atoms with Crippen LogP contribution in [0.5, 0.6) is 0 Å². The lowest BCUT2D eigenvalue weighted by molar-refractivity contribution is -0.137. The Bertz CT molecular complexity index is 1470. The van der Waals surface area contributed by atoms with Gasteiger partial charge in [0.15, 0.2) is 5.82 Å². The molecule has 2 N–H and O–H groups in total. The molecule has 0 aliphatic rings. The quantitative estimate of drug-likeness (QED) is 0.265. The highest BCUT2D eigenvalue weighted by atomic mass is 35.5. The van der Waals surface area contributed by atoms with Crippen molar-refractivity contribution in [2.24, 2.45) is 5.73 Å². The highest BCUT2D eigenvalue weighted by molar-refractivity contribution is 6.40. The number of aromatic nitrogens is 3. The maximum Gasteiger partial charge on any atom is 0.416 e. The first-order chi connectivity index (χ1) is 18.1. The van der Waals surface area contributed by atoms with Gasteiger partial charge in [-0.3, -0.25) is 19.0 Å². The number of benzene rings is 2. The zero-order chi connectivity index (χ0) is 27.4. The number of nitrogens with zero attached hydrogens (tertiary/aromatic N) is 4. The third-order valence-electron chi connectivity index (χ3n) is 5.64. The molecule has 2 amide bonds. The smallest absolute Gasteiger partial charge is 0.363 e. The predicted molar refractivity (Wildman–Crippen MR) is 132 cm³/mol. The fourth-order valence-corrected chi connectivity index (χ4v) is 3.97. The molecule has 2 aromatic carbocycles. The van der Waals surface area contributed by atoms with Crippen molar-refractivity contribution in [3.63, 3.8) is 0 Å². The van der Waals surface area contributed by atoms with Crippen molar-refractivity contribution in [1.29, 1.82) is 0 Å². The Hall–Kier alpha value is -4.51. The van der Waals surface area contributed by atoms with E-state index in [9.17, 15) is 27.6 Å². The van der Waals surface area contributed by atoms with Crippen molar-refractivity contribution in [3.8, 4) is 17.1 Å². The highest BCUT2D eigenvalue weighted by Gasteiger charge is 2.34. The van der Waals surface area contributed by atoms with Crippen LogP contribution in [0.25, 0.3) is 17.1 Å². The Morgan fingerprint density at radius 1 is 0.974 bits per heavy atom. The number of carbonyl (C=O) groups excluding carboxylic acids is 3. The van der Waals surface area contributed by atoms with E-state index in [1.807, 2.05) is 0 Å². The molecular weight excluding hydrogens is 523 g/mol. The molecule has 1 unspecified atom stereocenters. The van der Waals surface area contributed by atoms with E-state index >= 15 is 0 Å². The van der Waals surface area contributed by atoms with Crippen LogP contribution in [0.3, 0.4) is 0 Å². The maximum absolute atomic E-state index is 13.4. The summed E-state index contributed by atoms with van der Waals surface area (Å²) < 4.78 is 40.7. The van der Waals surface area contributed by atoms with Crippen molar-refractivity contribution in [3.05, 3.63) is 102 Å². The van der Waals surface area contributed by atoms with Gasteiger partial charge in [0, 0.05) is 36.2 Å². The summed E-state index contributed by atoms with van der Waals surface area (Å²) in [5.74, 6) is -3.02. The largest absolute Gasteiger partial charge is 0.416 e. The molecule has 0 saturated carbocycles. The van der Waals surface area contributed by atoms with E-state index in [1.54, 1.807) is 30.3 Å². The van der Waals surface area contributed by atoms with Gasteiger partial charge in [-0.25, -0.2) is 14.4 Å². The van der Waals surface area contributed by atoms with Gasteiger partial charge in [-0.15, -0.1) is 0 Å². The standard InChI is InChI=1S/C26H19ClF3N5O3/c27-35(21(22(36)23(31)37)13-16-5-2-1-3-6-16)25(38)19-7-4-12-32-24(19)34-14-20(33-15-34)17-8-10-18(11-9-17)26(28,29)30/h1-12,14-15,21H,13H2,(H2,31,37). The lowest BCUT2D eigenvalue weighted by atomic mass is 10.0. The summed E-state index contributed by atoms with van der Waals surface area (Å²) >= 11 is 6.34. The number of carbonyl (C=O) groups is 3. The van der Waals surface area contributed by atoms with Crippen LogP contribution in [0.4, 0.5) is 13.2 Å². The number of rotatable bonds is 8. The molecule has 194 valence electrons. The first-order valence-electron chi connectivity index (χ1n) is 11.1. The zero-order valence-corrected chi connectivity index (χ0v) is 20.2. The summed E-state index contributed by atoms with van der Waals surface area (Å²) in [6.07, 6.45) is -0.297. The van der Waals surface area contributed by atoms with E-state index in [4.69, 9.17) is 17.5 Å². The Morgan fingerprint density at radius 2 is 1.66 bits per heavy atom. The summed E-state index contributed by atoms with van der Waals surface area (Å²) in [6, 6.07) is 14.6. The molecule has 8 nitrogen and oxygen atoms in total. The number of ketones is 1. The fourth-order valence-electron chi connectivity index (χ4n) is 3.72. The monoisotopic (exact) mass is 541 g/mol. The first-order valence-corrected chi connectivity index (χ1v) is 11.4. The number of primary amides is 1. The Kier molecular flexibility index (Phi) is 7.58. The summed E-state index contributed by atoms with van der Waals surface area (Å²) in [5, 5.41) is 0. The highest BCUT2D eigenvalue weighted by Crippen LogP contribution is 2.31. The Labute approximate surface area is 219 Å². The molecule has 1 atom stereocenters. The third kappa shape index (κ3) is 5.73. The molecule has 0 bridgehead atoms. The van der Waals surface area contributed by atoms with Gasteiger partial charge in [0.1, 0.15) is 12.4 Å². The van der Waals surface area contributed by atoms with E-state index in [2.05, 4.69) is 9.97 Å². The first kappa shape index (κ1) is 26.6. The number of Topliss-reactive ketones (excluding diaryl/α,β-unsaturated/α-hetero) is 1. The summed E-state index contributed by atoms with van der Waals surface area (Å²) in [5.41, 5.74) is 5.78. The average Bonchev–Trinajstić information content (AvgIpc) is 3.41. The fraction of sp³-hybridized carbons (Fsp3) is 0.115.